The Kier molecular flexibility index (Phi) is 1.17. The molecule has 0 aromatic carbocycles. The largest absolute Gasteiger partial charge is 0.385 e. The average Bonchev–Trinajstić information content (AvgIpc) is 2.35. The fourth-order valence-corrected chi connectivity index (χ4v) is 1.56. The molecule has 0 unspecified atom stereocenters. The highest BCUT2D eigenvalue weighted by atomic mass is 127. The Morgan fingerprint density at radius 1 is 1.60 bits per heavy atom. The van der Waals surface area contributed by atoms with Gasteiger partial charge in [0, 0.05) is 11.6 Å². The summed E-state index contributed by atoms with van der Waals surface area (Å²) in [6.45, 7) is 0. The summed E-state index contributed by atoms with van der Waals surface area (Å²) in [7, 11) is 0. The van der Waals surface area contributed by atoms with Gasteiger partial charge >= 0.3 is 0 Å². The first-order chi connectivity index (χ1) is 4.77. The van der Waals surface area contributed by atoms with Gasteiger partial charge in [-0.1, -0.05) is 0 Å². The van der Waals surface area contributed by atoms with Gasteiger partial charge in [0.1, 0.15) is 11.5 Å². The van der Waals surface area contributed by atoms with Crippen LogP contribution in [0.15, 0.2) is 18.3 Å². The molecule has 0 saturated carbocycles. The molecule has 0 fully saturated rings. The molecule has 10 heavy (non-hydrogen) atoms. The lowest BCUT2D eigenvalue weighted by Gasteiger charge is -1.85. The Labute approximate surface area is 71.7 Å². The molecular weight excluding hydrogens is 241 g/mol. The molecule has 0 amide bonds. The van der Waals surface area contributed by atoms with E-state index in [1.54, 1.807) is 0 Å². The van der Waals surface area contributed by atoms with Crippen molar-refractivity contribution in [2.24, 2.45) is 0 Å². The smallest absolute Gasteiger partial charge is 0.128 e. The zero-order valence-corrected chi connectivity index (χ0v) is 7.29. The number of nitrogens with two attached hydrogens (primary N) is 1. The molecule has 4 heteroatoms. The van der Waals surface area contributed by atoms with E-state index in [1.807, 2.05) is 21.1 Å². The number of halogens is 1. The van der Waals surface area contributed by atoms with E-state index in [1.165, 1.54) is 0 Å². The summed E-state index contributed by atoms with van der Waals surface area (Å²) >= 11 is 2.20. The van der Waals surface area contributed by atoms with Gasteiger partial charge < -0.3 is 10.7 Å². The van der Waals surface area contributed by atoms with Crippen molar-refractivity contribution >= 4 is 39.7 Å². The molecule has 0 atom stereocenters. The number of anilines is 1. The van der Waals surface area contributed by atoms with E-state index < -0.39 is 0 Å². The van der Waals surface area contributed by atoms with Crippen LogP contribution in [0, 0.1) is 0 Å². The molecule has 52 valence electrons. The second-order valence-corrected chi connectivity index (χ2v) is 3.20. The van der Waals surface area contributed by atoms with Crippen LogP contribution in [0.25, 0.3) is 11.0 Å². The van der Waals surface area contributed by atoms with Gasteiger partial charge in [-0.15, -0.1) is 0 Å². The number of hydrogen-bond donors (Lipinski definition) is 2. The van der Waals surface area contributed by atoms with Gasteiger partial charge in [0.25, 0.3) is 0 Å². The van der Waals surface area contributed by atoms with E-state index in [0.717, 1.165) is 16.9 Å². The van der Waals surface area contributed by atoms with Gasteiger partial charge in [-0.2, -0.15) is 0 Å². The highest BCUT2D eigenvalue weighted by Gasteiger charge is 1.99. The quantitative estimate of drug-likeness (QED) is 0.684. The molecule has 2 aromatic heterocycles. The predicted octanol–water partition coefficient (Wildman–Crippen LogP) is 1.75. The van der Waals surface area contributed by atoms with Gasteiger partial charge in [-0.3, -0.25) is 2.78 Å². The third kappa shape index (κ3) is 0.716. The standard InChI is InChI=1S/C6H6IN3/c7-10-2-1-4-3-5(8)9-6(4)10/h1-3,9H,8H2. The van der Waals surface area contributed by atoms with Crippen LogP contribution in [-0.4, -0.2) is 7.76 Å². The van der Waals surface area contributed by atoms with Crippen LogP contribution in [-0.2, 0) is 0 Å². The second-order valence-electron chi connectivity index (χ2n) is 2.16. The summed E-state index contributed by atoms with van der Waals surface area (Å²) in [4.78, 5) is 3.04. The molecule has 2 heterocycles. The van der Waals surface area contributed by atoms with Crippen molar-refractivity contribution in [1.82, 2.24) is 7.76 Å². The lowest BCUT2D eigenvalue weighted by molar-refractivity contribution is 1.33. The Bertz CT molecular complexity index is 360. The second kappa shape index (κ2) is 1.91. The molecule has 3 nitrogen and oxygen atoms in total. The van der Waals surface area contributed by atoms with Crippen LogP contribution in [0.1, 0.15) is 0 Å². The number of hydrogen-bond acceptors (Lipinski definition) is 1. The van der Waals surface area contributed by atoms with Crippen LogP contribution in [0.5, 0.6) is 0 Å². The number of nitrogen functional groups attached to an aromatic ring is 1. The van der Waals surface area contributed by atoms with E-state index in [4.69, 9.17) is 5.73 Å². The van der Waals surface area contributed by atoms with Crippen LogP contribution in [0.2, 0.25) is 0 Å². The molecular formula is C6H6IN3. The fourth-order valence-electron chi connectivity index (χ4n) is 1.00. The summed E-state index contributed by atoms with van der Waals surface area (Å²) in [5, 5.41) is 1.16. The Balaban J connectivity index is 2.90. The van der Waals surface area contributed by atoms with Crippen LogP contribution in [0.3, 0.4) is 0 Å². The minimum Gasteiger partial charge on any atom is -0.385 e. The summed E-state index contributed by atoms with van der Waals surface area (Å²) in [5.74, 6) is 0.719. The predicted molar refractivity (Wildman–Crippen MR) is 50.1 cm³/mol. The first kappa shape index (κ1) is 6.09. The van der Waals surface area contributed by atoms with E-state index in [9.17, 15) is 0 Å². The fraction of sp³-hybridized carbons (Fsp3) is 0. The number of H-pyrrole nitrogens is 1. The van der Waals surface area contributed by atoms with Gasteiger partial charge in [0.15, 0.2) is 0 Å². The van der Waals surface area contributed by atoms with Crippen molar-refractivity contribution in [3.8, 4) is 0 Å². The first-order valence-electron chi connectivity index (χ1n) is 2.89. The van der Waals surface area contributed by atoms with Crippen LogP contribution >= 0.6 is 22.9 Å². The zero-order chi connectivity index (χ0) is 7.14. The SMILES string of the molecule is Nc1cc2ccn(I)c2[nH]1. The summed E-state index contributed by atoms with van der Waals surface area (Å²) in [6, 6.07) is 3.94. The highest BCUT2D eigenvalue weighted by Crippen LogP contribution is 2.19. The summed E-state index contributed by atoms with van der Waals surface area (Å²) in [5.41, 5.74) is 6.60. The number of aromatic nitrogens is 2. The molecule has 3 N–H and O–H groups in total. The van der Waals surface area contributed by atoms with Crippen molar-refractivity contribution < 1.29 is 0 Å². The van der Waals surface area contributed by atoms with Gasteiger partial charge in [0.2, 0.25) is 0 Å². The van der Waals surface area contributed by atoms with Gasteiger partial charge in [-0.25, -0.2) is 0 Å². The maximum atomic E-state index is 5.53. The number of rotatable bonds is 0. The maximum absolute atomic E-state index is 5.53. The van der Waals surface area contributed by atoms with E-state index in [0.29, 0.717) is 0 Å². The van der Waals surface area contributed by atoms with E-state index >= 15 is 0 Å². The minimum absolute atomic E-state index is 0.719. The molecule has 2 rings (SSSR count). The molecule has 0 saturated heterocycles. The molecule has 0 aliphatic carbocycles. The maximum Gasteiger partial charge on any atom is 0.128 e. The van der Waals surface area contributed by atoms with Crippen molar-refractivity contribution in [2.45, 2.75) is 0 Å². The third-order valence-corrected chi connectivity index (χ3v) is 2.25. The Morgan fingerprint density at radius 2 is 2.40 bits per heavy atom. The minimum atomic E-state index is 0.719. The molecule has 0 aliphatic rings. The van der Waals surface area contributed by atoms with E-state index in [-0.39, 0.29) is 0 Å². The summed E-state index contributed by atoms with van der Waals surface area (Å²) < 4.78 is 1.98. The Morgan fingerprint density at radius 3 is 3.10 bits per heavy atom. The molecule has 0 spiro atoms. The van der Waals surface area contributed by atoms with Gasteiger partial charge in [-0.05, 0) is 12.1 Å². The van der Waals surface area contributed by atoms with E-state index in [2.05, 4.69) is 27.8 Å². The highest BCUT2D eigenvalue weighted by molar-refractivity contribution is 14.1. The average molecular weight is 247 g/mol. The van der Waals surface area contributed by atoms with Crippen molar-refractivity contribution in [2.75, 3.05) is 5.73 Å². The number of fused-ring (bicyclic) bond motifs is 1. The zero-order valence-electron chi connectivity index (χ0n) is 5.13. The lowest BCUT2D eigenvalue weighted by atomic mass is 10.4. The number of aromatic amines is 1. The van der Waals surface area contributed by atoms with Gasteiger partial charge in [0.05, 0.1) is 22.9 Å². The van der Waals surface area contributed by atoms with Crippen LogP contribution < -0.4 is 5.73 Å². The van der Waals surface area contributed by atoms with Crippen molar-refractivity contribution in [3.63, 3.8) is 0 Å². The topological polar surface area (TPSA) is 46.7 Å². The molecule has 2 aromatic rings. The molecule has 0 aliphatic heterocycles. The first-order valence-corrected chi connectivity index (χ1v) is 3.85. The van der Waals surface area contributed by atoms with Crippen molar-refractivity contribution in [1.29, 1.82) is 0 Å². The molecule has 0 radical (unpaired) electrons. The number of nitrogens with zero attached hydrogens (tertiary/aromatic N) is 1. The van der Waals surface area contributed by atoms with Crippen molar-refractivity contribution in [3.05, 3.63) is 18.3 Å². The normalized spacial score (nSPS) is 10.9. The third-order valence-electron chi connectivity index (χ3n) is 1.45. The lowest BCUT2D eigenvalue weighted by Crippen LogP contribution is -1.83. The molecule has 0 bridgehead atoms. The Hall–Kier alpha value is -0.650. The van der Waals surface area contributed by atoms with Crippen LogP contribution in [0.4, 0.5) is 5.82 Å². The monoisotopic (exact) mass is 247 g/mol. The number of nitrogens with one attached hydrogen (secondary N) is 1. The summed E-state index contributed by atoms with van der Waals surface area (Å²) in [6.07, 6.45) is 1.99.